The fraction of sp³-hybridized carbons (Fsp3) is 0.600. The summed E-state index contributed by atoms with van der Waals surface area (Å²) >= 11 is 0. The lowest BCUT2D eigenvalue weighted by Crippen LogP contribution is -2.19. The largest absolute Gasteiger partial charge is 0.0590 e. The third-order valence-corrected chi connectivity index (χ3v) is 3.56. The molecule has 0 atom stereocenters. The summed E-state index contributed by atoms with van der Waals surface area (Å²) in [5, 5.41) is 0. The predicted molar refractivity (Wildman–Crippen MR) is 66.5 cm³/mol. The van der Waals surface area contributed by atoms with Crippen LogP contribution in [-0.2, 0) is 5.41 Å². The van der Waals surface area contributed by atoms with Crippen molar-refractivity contribution in [2.45, 2.75) is 58.3 Å². The van der Waals surface area contributed by atoms with Crippen LogP contribution in [0.25, 0.3) is 0 Å². The highest BCUT2D eigenvalue weighted by atomic mass is 14.3. The third-order valence-electron chi connectivity index (χ3n) is 3.56. The van der Waals surface area contributed by atoms with Gasteiger partial charge in [-0.25, -0.2) is 0 Å². The molecule has 2 rings (SSSR count). The SMILES string of the molecule is Cc1ccc(C(C)(C)C)c(C2CCC2)c1. The monoisotopic (exact) mass is 202 g/mol. The van der Waals surface area contributed by atoms with Crippen LogP contribution in [0.15, 0.2) is 18.2 Å². The number of hydrogen-bond acceptors (Lipinski definition) is 0. The average Bonchev–Trinajstić information content (AvgIpc) is 1.98. The Morgan fingerprint density at radius 2 is 1.80 bits per heavy atom. The number of hydrogen-bond donors (Lipinski definition) is 0. The normalized spacial score (nSPS) is 17.6. The molecule has 0 nitrogen and oxygen atoms in total. The van der Waals surface area contributed by atoms with Crippen LogP contribution in [0, 0.1) is 6.92 Å². The Labute approximate surface area is 93.7 Å². The van der Waals surface area contributed by atoms with Gasteiger partial charge in [0.2, 0.25) is 0 Å². The standard InChI is InChI=1S/C15H22/c1-11-8-9-14(15(2,3)4)13(10-11)12-6-5-7-12/h8-10,12H,5-7H2,1-4H3. The van der Waals surface area contributed by atoms with Crippen LogP contribution in [0.1, 0.15) is 62.6 Å². The molecule has 0 spiro atoms. The maximum absolute atomic E-state index is 2.41. The lowest BCUT2D eigenvalue weighted by molar-refractivity contribution is 0.410. The molecule has 1 aromatic carbocycles. The molecule has 0 heterocycles. The van der Waals surface area contributed by atoms with Crippen molar-refractivity contribution in [3.05, 3.63) is 34.9 Å². The van der Waals surface area contributed by atoms with E-state index in [2.05, 4.69) is 45.9 Å². The van der Waals surface area contributed by atoms with E-state index in [-0.39, 0.29) is 0 Å². The first kappa shape index (κ1) is 10.7. The van der Waals surface area contributed by atoms with Crippen molar-refractivity contribution in [2.24, 2.45) is 0 Å². The van der Waals surface area contributed by atoms with Gasteiger partial charge in [0.25, 0.3) is 0 Å². The van der Waals surface area contributed by atoms with Crippen molar-refractivity contribution < 1.29 is 0 Å². The first-order valence-electron chi connectivity index (χ1n) is 6.09. The number of benzene rings is 1. The van der Waals surface area contributed by atoms with Crippen molar-refractivity contribution in [2.75, 3.05) is 0 Å². The van der Waals surface area contributed by atoms with Gasteiger partial charge in [-0.2, -0.15) is 0 Å². The van der Waals surface area contributed by atoms with E-state index >= 15 is 0 Å². The predicted octanol–water partition coefficient (Wildman–Crippen LogP) is 4.56. The Morgan fingerprint density at radius 3 is 2.27 bits per heavy atom. The van der Waals surface area contributed by atoms with E-state index < -0.39 is 0 Å². The first-order chi connectivity index (χ1) is 6.98. The molecule has 0 amide bonds. The lowest BCUT2D eigenvalue weighted by atomic mass is 9.73. The summed E-state index contributed by atoms with van der Waals surface area (Å²) in [5.41, 5.74) is 4.87. The Kier molecular flexibility index (Phi) is 2.62. The molecule has 0 radical (unpaired) electrons. The van der Waals surface area contributed by atoms with Crippen LogP contribution >= 0.6 is 0 Å². The van der Waals surface area contributed by atoms with Gasteiger partial charge < -0.3 is 0 Å². The molecule has 0 unspecified atom stereocenters. The molecule has 0 saturated heterocycles. The zero-order chi connectivity index (χ0) is 11.1. The first-order valence-corrected chi connectivity index (χ1v) is 6.09. The maximum atomic E-state index is 2.41. The summed E-state index contributed by atoms with van der Waals surface area (Å²) in [7, 11) is 0. The van der Waals surface area contributed by atoms with Gasteiger partial charge in [-0.1, -0.05) is 51.0 Å². The second-order valence-electron chi connectivity index (χ2n) is 5.97. The Hall–Kier alpha value is -0.780. The van der Waals surface area contributed by atoms with Crippen molar-refractivity contribution in [1.82, 2.24) is 0 Å². The van der Waals surface area contributed by atoms with Crippen LogP contribution < -0.4 is 0 Å². The van der Waals surface area contributed by atoms with Gasteiger partial charge in [0.05, 0.1) is 0 Å². The van der Waals surface area contributed by atoms with Crippen LogP contribution in [0.5, 0.6) is 0 Å². The summed E-state index contributed by atoms with van der Waals surface area (Å²) in [6.45, 7) is 9.16. The van der Waals surface area contributed by atoms with E-state index in [4.69, 9.17) is 0 Å². The highest BCUT2D eigenvalue weighted by Gasteiger charge is 2.26. The molecular formula is C15H22. The Morgan fingerprint density at radius 1 is 1.13 bits per heavy atom. The topological polar surface area (TPSA) is 0 Å². The second kappa shape index (κ2) is 3.66. The third kappa shape index (κ3) is 2.09. The zero-order valence-corrected chi connectivity index (χ0v) is 10.4. The minimum absolute atomic E-state index is 0.290. The average molecular weight is 202 g/mol. The smallest absolute Gasteiger partial charge is 0.0129 e. The van der Waals surface area contributed by atoms with E-state index in [1.807, 2.05) is 0 Å². The van der Waals surface area contributed by atoms with E-state index in [9.17, 15) is 0 Å². The minimum atomic E-state index is 0.290. The molecule has 0 heteroatoms. The molecule has 1 aliphatic rings. The van der Waals surface area contributed by atoms with Crippen LogP contribution in [0.3, 0.4) is 0 Å². The molecule has 1 saturated carbocycles. The summed E-state index contributed by atoms with van der Waals surface area (Å²) in [4.78, 5) is 0. The molecular weight excluding hydrogens is 180 g/mol. The van der Waals surface area contributed by atoms with Gasteiger partial charge in [-0.05, 0) is 42.2 Å². The fourth-order valence-corrected chi connectivity index (χ4v) is 2.42. The van der Waals surface area contributed by atoms with Gasteiger partial charge in [0.15, 0.2) is 0 Å². The molecule has 1 fully saturated rings. The van der Waals surface area contributed by atoms with Gasteiger partial charge in [-0.15, -0.1) is 0 Å². The Bertz CT molecular complexity index is 351. The quantitative estimate of drug-likeness (QED) is 0.626. The van der Waals surface area contributed by atoms with E-state index in [1.165, 1.54) is 24.8 Å². The highest BCUT2D eigenvalue weighted by Crippen LogP contribution is 2.41. The molecule has 1 aromatic rings. The van der Waals surface area contributed by atoms with Crippen LogP contribution in [0.2, 0.25) is 0 Å². The van der Waals surface area contributed by atoms with Crippen LogP contribution in [-0.4, -0.2) is 0 Å². The number of aryl methyl sites for hydroxylation is 1. The second-order valence-corrected chi connectivity index (χ2v) is 5.97. The van der Waals surface area contributed by atoms with Crippen molar-refractivity contribution in [1.29, 1.82) is 0 Å². The maximum Gasteiger partial charge on any atom is -0.0129 e. The molecule has 0 bridgehead atoms. The van der Waals surface area contributed by atoms with Gasteiger partial charge >= 0.3 is 0 Å². The summed E-state index contributed by atoms with van der Waals surface area (Å²) in [6.07, 6.45) is 4.21. The summed E-state index contributed by atoms with van der Waals surface area (Å²) < 4.78 is 0. The van der Waals surface area contributed by atoms with Crippen LogP contribution in [0.4, 0.5) is 0 Å². The molecule has 0 aliphatic heterocycles. The molecule has 1 aliphatic carbocycles. The van der Waals surface area contributed by atoms with E-state index in [0.717, 1.165) is 5.92 Å². The van der Waals surface area contributed by atoms with Crippen molar-refractivity contribution in [3.63, 3.8) is 0 Å². The fourth-order valence-electron chi connectivity index (χ4n) is 2.42. The lowest BCUT2D eigenvalue weighted by Gasteiger charge is -2.32. The van der Waals surface area contributed by atoms with Crippen molar-refractivity contribution in [3.8, 4) is 0 Å². The molecule has 82 valence electrons. The van der Waals surface area contributed by atoms with E-state index in [0.29, 0.717) is 5.41 Å². The van der Waals surface area contributed by atoms with E-state index in [1.54, 1.807) is 11.1 Å². The molecule has 15 heavy (non-hydrogen) atoms. The molecule has 0 N–H and O–H groups in total. The number of rotatable bonds is 1. The Balaban J connectivity index is 2.44. The zero-order valence-electron chi connectivity index (χ0n) is 10.4. The highest BCUT2D eigenvalue weighted by molar-refractivity contribution is 5.39. The molecule has 0 aromatic heterocycles. The van der Waals surface area contributed by atoms with Crippen molar-refractivity contribution >= 4 is 0 Å². The minimum Gasteiger partial charge on any atom is -0.0590 e. The van der Waals surface area contributed by atoms with Gasteiger partial charge in [0, 0.05) is 0 Å². The van der Waals surface area contributed by atoms with Gasteiger partial charge in [0.1, 0.15) is 0 Å². The van der Waals surface area contributed by atoms with Gasteiger partial charge in [-0.3, -0.25) is 0 Å². The summed E-state index contributed by atoms with van der Waals surface area (Å²) in [6, 6.07) is 7.00. The summed E-state index contributed by atoms with van der Waals surface area (Å²) in [5.74, 6) is 0.846.